The molecule has 7 heteroatoms. The van der Waals surface area contributed by atoms with E-state index >= 15 is 0 Å². The molecule has 1 N–H and O–H groups in total. The highest BCUT2D eigenvalue weighted by atomic mass is 16.5. The van der Waals surface area contributed by atoms with Crippen molar-refractivity contribution in [1.82, 2.24) is 20.2 Å². The lowest BCUT2D eigenvalue weighted by atomic mass is 9.93. The number of carbonyl (C=O) groups is 1. The van der Waals surface area contributed by atoms with Gasteiger partial charge in [-0.15, -0.1) is 5.10 Å². The summed E-state index contributed by atoms with van der Waals surface area (Å²) in [6.45, 7) is 2.45. The molecule has 1 saturated carbocycles. The average Bonchev–Trinajstić information content (AvgIpc) is 3.52. The second-order valence-electron chi connectivity index (χ2n) is 9.69. The monoisotopic (exact) mass is 490 g/mol. The van der Waals surface area contributed by atoms with Gasteiger partial charge in [0.25, 0.3) is 0 Å². The van der Waals surface area contributed by atoms with Gasteiger partial charge < -0.3 is 9.63 Å². The van der Waals surface area contributed by atoms with Crippen LogP contribution in [0.15, 0.2) is 89.6 Å². The number of aryl methyl sites for hydroxylation is 1. The van der Waals surface area contributed by atoms with E-state index in [1.165, 1.54) is 5.56 Å². The zero-order valence-electron chi connectivity index (χ0n) is 20.5. The lowest BCUT2D eigenvalue weighted by molar-refractivity contribution is -0.140. The van der Waals surface area contributed by atoms with Crippen LogP contribution in [0.25, 0.3) is 22.5 Å². The lowest BCUT2D eigenvalue weighted by Crippen LogP contribution is -2.19. The lowest BCUT2D eigenvalue weighted by Gasteiger charge is -2.11. The standard InChI is InChI=1S/C30H26N4O3/c1-20-27(19-34-18-26(31-33-34)17-21-5-3-2-4-6-21)28(37-32-20)24-9-7-22(8-10-24)23-11-13-25(14-12-23)30(15-16-30)29(35)36/h2-14,18H,15-17,19H2,1H3,(H,35,36). The first-order chi connectivity index (χ1) is 18.0. The van der Waals surface area contributed by atoms with Crippen LogP contribution >= 0.6 is 0 Å². The van der Waals surface area contributed by atoms with Gasteiger partial charge in [-0.2, -0.15) is 0 Å². The summed E-state index contributed by atoms with van der Waals surface area (Å²) in [5.41, 5.74) is 7.11. The quantitative estimate of drug-likeness (QED) is 0.301. The molecular weight excluding hydrogens is 464 g/mol. The molecule has 0 radical (unpaired) electrons. The van der Waals surface area contributed by atoms with E-state index < -0.39 is 11.4 Å². The molecule has 6 rings (SSSR count). The van der Waals surface area contributed by atoms with Crippen molar-refractivity contribution in [3.63, 3.8) is 0 Å². The summed E-state index contributed by atoms with van der Waals surface area (Å²) in [4.78, 5) is 11.6. The van der Waals surface area contributed by atoms with Crippen LogP contribution in [0.5, 0.6) is 0 Å². The van der Waals surface area contributed by atoms with E-state index in [4.69, 9.17) is 4.52 Å². The van der Waals surface area contributed by atoms with Crippen molar-refractivity contribution in [3.8, 4) is 22.5 Å². The Morgan fingerprint density at radius 3 is 2.24 bits per heavy atom. The van der Waals surface area contributed by atoms with Crippen molar-refractivity contribution in [2.45, 2.75) is 38.1 Å². The van der Waals surface area contributed by atoms with Crippen LogP contribution in [0, 0.1) is 6.92 Å². The first-order valence-electron chi connectivity index (χ1n) is 12.3. The molecule has 0 atom stereocenters. The molecule has 1 aliphatic carbocycles. The van der Waals surface area contributed by atoms with Gasteiger partial charge in [-0.05, 0) is 42.0 Å². The number of hydrogen-bond donors (Lipinski definition) is 1. The summed E-state index contributed by atoms with van der Waals surface area (Å²) in [5.74, 6) is -0.0160. The summed E-state index contributed by atoms with van der Waals surface area (Å²) in [6.07, 6.45) is 4.11. The summed E-state index contributed by atoms with van der Waals surface area (Å²) in [7, 11) is 0. The van der Waals surface area contributed by atoms with E-state index in [0.717, 1.165) is 51.4 Å². The van der Waals surface area contributed by atoms with Crippen LogP contribution in [0.1, 0.15) is 40.9 Å². The number of nitrogens with zero attached hydrogens (tertiary/aromatic N) is 4. The van der Waals surface area contributed by atoms with E-state index in [1.54, 1.807) is 0 Å². The van der Waals surface area contributed by atoms with Crippen molar-refractivity contribution < 1.29 is 14.4 Å². The van der Waals surface area contributed by atoms with Crippen molar-refractivity contribution >= 4 is 5.97 Å². The van der Waals surface area contributed by atoms with Crippen molar-refractivity contribution in [3.05, 3.63) is 113 Å². The van der Waals surface area contributed by atoms with Gasteiger partial charge in [0.1, 0.15) is 0 Å². The number of hydrogen-bond acceptors (Lipinski definition) is 5. The molecule has 37 heavy (non-hydrogen) atoms. The number of carboxylic acid groups (broad SMARTS) is 1. The summed E-state index contributed by atoms with van der Waals surface area (Å²) in [6, 6.07) is 26.2. The molecule has 0 spiro atoms. The highest BCUT2D eigenvalue weighted by Crippen LogP contribution is 2.48. The minimum atomic E-state index is -0.735. The average molecular weight is 491 g/mol. The Balaban J connectivity index is 1.19. The topological polar surface area (TPSA) is 94.0 Å². The maximum atomic E-state index is 11.6. The Morgan fingerprint density at radius 2 is 1.59 bits per heavy atom. The molecule has 0 unspecified atom stereocenters. The van der Waals surface area contributed by atoms with E-state index in [1.807, 2.05) is 84.5 Å². The summed E-state index contributed by atoms with van der Waals surface area (Å²) >= 11 is 0. The van der Waals surface area contributed by atoms with E-state index in [0.29, 0.717) is 19.4 Å². The minimum absolute atomic E-state index is 0.515. The van der Waals surface area contributed by atoms with Crippen LogP contribution in [-0.4, -0.2) is 31.2 Å². The third kappa shape index (κ3) is 4.44. The number of rotatable bonds is 8. The molecule has 7 nitrogen and oxygen atoms in total. The van der Waals surface area contributed by atoms with E-state index in [-0.39, 0.29) is 0 Å². The molecule has 1 fully saturated rings. The van der Waals surface area contributed by atoms with Gasteiger partial charge in [-0.3, -0.25) is 4.79 Å². The van der Waals surface area contributed by atoms with Crippen LogP contribution in [0.4, 0.5) is 0 Å². The van der Waals surface area contributed by atoms with Crippen LogP contribution < -0.4 is 0 Å². The fraction of sp³-hybridized carbons (Fsp3) is 0.200. The zero-order valence-corrected chi connectivity index (χ0v) is 20.5. The van der Waals surface area contributed by atoms with E-state index in [2.05, 4.69) is 27.6 Å². The Bertz CT molecular complexity index is 1550. The predicted octanol–water partition coefficient (Wildman–Crippen LogP) is 5.66. The van der Waals surface area contributed by atoms with Gasteiger partial charge in [0.15, 0.2) is 5.76 Å². The molecule has 0 amide bonds. The highest BCUT2D eigenvalue weighted by Gasteiger charge is 2.51. The normalized spacial score (nSPS) is 14.0. The molecule has 2 aromatic heterocycles. The predicted molar refractivity (Wildman–Crippen MR) is 139 cm³/mol. The van der Waals surface area contributed by atoms with Gasteiger partial charge in [-0.1, -0.05) is 89.2 Å². The number of aliphatic carboxylic acids is 1. The molecule has 1 aliphatic rings. The third-order valence-electron chi connectivity index (χ3n) is 7.20. The first-order valence-corrected chi connectivity index (χ1v) is 12.3. The molecule has 184 valence electrons. The summed E-state index contributed by atoms with van der Waals surface area (Å²) < 4.78 is 7.54. The maximum absolute atomic E-state index is 11.6. The smallest absolute Gasteiger partial charge is 0.314 e. The number of carboxylic acids is 1. The Labute approximate surface area is 214 Å². The molecule has 0 aliphatic heterocycles. The number of benzene rings is 3. The number of aromatic nitrogens is 4. The molecular formula is C30H26N4O3. The van der Waals surface area contributed by atoms with Crippen LogP contribution in [0.3, 0.4) is 0 Å². The zero-order chi connectivity index (χ0) is 25.4. The van der Waals surface area contributed by atoms with Crippen molar-refractivity contribution in [1.29, 1.82) is 0 Å². The Kier molecular flexibility index (Phi) is 5.68. The SMILES string of the molecule is Cc1noc(-c2ccc(-c3ccc(C4(C(=O)O)CC4)cc3)cc2)c1Cn1cc(Cc2ccccc2)nn1. The second-order valence-corrected chi connectivity index (χ2v) is 9.69. The summed E-state index contributed by atoms with van der Waals surface area (Å²) in [5, 5.41) is 22.4. The van der Waals surface area contributed by atoms with Crippen molar-refractivity contribution in [2.24, 2.45) is 0 Å². The Hall–Kier alpha value is -4.52. The van der Waals surface area contributed by atoms with E-state index in [9.17, 15) is 9.90 Å². The van der Waals surface area contributed by atoms with Gasteiger partial charge >= 0.3 is 5.97 Å². The largest absolute Gasteiger partial charge is 0.481 e. The molecule has 5 aromatic rings. The highest BCUT2D eigenvalue weighted by molar-refractivity contribution is 5.85. The Morgan fingerprint density at radius 1 is 0.946 bits per heavy atom. The fourth-order valence-corrected chi connectivity index (χ4v) is 4.81. The van der Waals surface area contributed by atoms with Crippen LogP contribution in [0.2, 0.25) is 0 Å². The van der Waals surface area contributed by atoms with Gasteiger partial charge in [-0.25, -0.2) is 4.68 Å². The molecule has 0 saturated heterocycles. The van der Waals surface area contributed by atoms with Crippen LogP contribution in [-0.2, 0) is 23.2 Å². The first kappa shape index (κ1) is 22.9. The molecule has 0 bridgehead atoms. The third-order valence-corrected chi connectivity index (χ3v) is 7.20. The fourth-order valence-electron chi connectivity index (χ4n) is 4.81. The van der Waals surface area contributed by atoms with Gasteiger partial charge in [0, 0.05) is 23.7 Å². The molecule has 3 aromatic carbocycles. The molecule has 2 heterocycles. The minimum Gasteiger partial charge on any atom is -0.481 e. The van der Waals surface area contributed by atoms with Gasteiger partial charge in [0.2, 0.25) is 0 Å². The second kappa shape index (κ2) is 9.17. The van der Waals surface area contributed by atoms with Gasteiger partial charge in [0.05, 0.1) is 23.3 Å². The van der Waals surface area contributed by atoms with Crippen molar-refractivity contribution in [2.75, 3.05) is 0 Å². The maximum Gasteiger partial charge on any atom is 0.314 e.